The van der Waals surface area contributed by atoms with E-state index >= 15 is 0 Å². The molecular weight excluding hydrogens is 307 g/mol. The van der Waals surface area contributed by atoms with Gasteiger partial charge in [-0.3, -0.25) is 9.59 Å². The van der Waals surface area contributed by atoms with Crippen molar-refractivity contribution in [3.05, 3.63) is 45.8 Å². The van der Waals surface area contributed by atoms with Gasteiger partial charge in [0.15, 0.2) is 10.8 Å². The van der Waals surface area contributed by atoms with E-state index in [1.54, 1.807) is 12.1 Å². The Morgan fingerprint density at radius 3 is 2.76 bits per heavy atom. The van der Waals surface area contributed by atoms with Gasteiger partial charge in [0.1, 0.15) is 0 Å². The molecule has 0 atom stereocenters. The molecule has 2 rings (SSSR count). The number of carbonyl (C=O) groups is 1. The van der Waals surface area contributed by atoms with E-state index in [1.165, 1.54) is 16.8 Å². The van der Waals surface area contributed by atoms with E-state index in [0.717, 1.165) is 5.38 Å². The molecule has 0 saturated heterocycles. The number of rotatable bonds is 4. The first-order valence-electron chi connectivity index (χ1n) is 5.84. The highest BCUT2D eigenvalue weighted by Gasteiger charge is 2.33. The third-order valence-corrected chi connectivity index (χ3v) is 3.28. The molecule has 0 aliphatic rings. The number of aromatic nitrogens is 2. The van der Waals surface area contributed by atoms with Crippen LogP contribution in [0.5, 0.6) is 0 Å². The summed E-state index contributed by atoms with van der Waals surface area (Å²) in [4.78, 5) is 26.3. The summed E-state index contributed by atoms with van der Waals surface area (Å²) in [5.41, 5.74) is -1.29. The normalized spacial score (nSPS) is 11.4. The molecule has 112 valence electrons. The highest BCUT2D eigenvalue weighted by molar-refractivity contribution is 7.13. The molecule has 21 heavy (non-hydrogen) atoms. The van der Waals surface area contributed by atoms with E-state index in [-0.39, 0.29) is 23.7 Å². The van der Waals surface area contributed by atoms with Crippen LogP contribution in [0, 0.1) is 0 Å². The molecule has 1 amide bonds. The molecule has 2 heterocycles. The third kappa shape index (κ3) is 4.15. The second-order valence-electron chi connectivity index (χ2n) is 4.07. The summed E-state index contributed by atoms with van der Waals surface area (Å²) in [5.74, 6) is -0.506. The van der Waals surface area contributed by atoms with Gasteiger partial charge < -0.3 is 9.88 Å². The summed E-state index contributed by atoms with van der Waals surface area (Å²) in [7, 11) is 0. The quantitative estimate of drug-likeness (QED) is 0.941. The van der Waals surface area contributed by atoms with Gasteiger partial charge >= 0.3 is 6.18 Å². The van der Waals surface area contributed by atoms with E-state index in [1.807, 2.05) is 0 Å². The molecule has 9 heteroatoms. The molecule has 0 fully saturated rings. The van der Waals surface area contributed by atoms with Gasteiger partial charge in [-0.25, -0.2) is 4.98 Å². The monoisotopic (exact) mass is 317 g/mol. The largest absolute Gasteiger partial charge is 0.434 e. The van der Waals surface area contributed by atoms with Crippen molar-refractivity contribution in [2.24, 2.45) is 0 Å². The van der Waals surface area contributed by atoms with E-state index < -0.39 is 17.8 Å². The van der Waals surface area contributed by atoms with Crippen molar-refractivity contribution in [2.75, 3.05) is 5.32 Å². The van der Waals surface area contributed by atoms with E-state index in [9.17, 15) is 22.8 Å². The second-order valence-corrected chi connectivity index (χ2v) is 4.92. The average molecular weight is 317 g/mol. The fraction of sp³-hybridized carbons (Fsp3) is 0.250. The Kier molecular flexibility index (Phi) is 4.41. The molecule has 0 unspecified atom stereocenters. The van der Waals surface area contributed by atoms with Crippen LogP contribution in [0.3, 0.4) is 0 Å². The van der Waals surface area contributed by atoms with Crippen LogP contribution >= 0.6 is 11.3 Å². The van der Waals surface area contributed by atoms with Crippen LogP contribution in [0.2, 0.25) is 0 Å². The lowest BCUT2D eigenvalue weighted by Crippen LogP contribution is -2.21. The Morgan fingerprint density at radius 2 is 2.14 bits per heavy atom. The molecule has 0 spiro atoms. The Balaban J connectivity index is 1.92. The molecule has 0 aliphatic carbocycles. The number of pyridine rings is 1. The third-order valence-electron chi connectivity index (χ3n) is 2.52. The van der Waals surface area contributed by atoms with Crippen molar-refractivity contribution < 1.29 is 18.0 Å². The predicted octanol–water partition coefficient (Wildman–Crippen LogP) is 2.35. The van der Waals surface area contributed by atoms with Crippen LogP contribution in [0.1, 0.15) is 12.1 Å². The van der Waals surface area contributed by atoms with Crippen molar-refractivity contribution in [1.82, 2.24) is 9.55 Å². The second kappa shape index (κ2) is 6.08. The number of alkyl halides is 3. The maximum Gasteiger partial charge on any atom is 0.434 e. The van der Waals surface area contributed by atoms with Gasteiger partial charge in [0.25, 0.3) is 5.56 Å². The zero-order valence-electron chi connectivity index (χ0n) is 10.6. The number of nitrogens with zero attached hydrogens (tertiary/aromatic N) is 2. The molecule has 5 nitrogen and oxygen atoms in total. The number of hydrogen-bond acceptors (Lipinski definition) is 4. The maximum atomic E-state index is 12.3. The highest BCUT2D eigenvalue weighted by Crippen LogP contribution is 2.31. The minimum absolute atomic E-state index is 0.0369. The molecule has 0 saturated carbocycles. The van der Waals surface area contributed by atoms with Crippen molar-refractivity contribution in [2.45, 2.75) is 19.1 Å². The minimum atomic E-state index is -4.53. The summed E-state index contributed by atoms with van der Waals surface area (Å²) in [6.07, 6.45) is -3.04. The summed E-state index contributed by atoms with van der Waals surface area (Å²) in [5, 5.41) is 2.99. The number of hydrogen-bond donors (Lipinski definition) is 1. The first kappa shape index (κ1) is 15.2. The number of amides is 1. The zero-order valence-corrected chi connectivity index (χ0v) is 11.4. The predicted molar refractivity (Wildman–Crippen MR) is 71.1 cm³/mol. The number of thiazole rings is 1. The lowest BCUT2D eigenvalue weighted by Gasteiger charge is -2.05. The Morgan fingerprint density at radius 1 is 1.38 bits per heavy atom. The van der Waals surface area contributed by atoms with Gasteiger partial charge in [-0.05, 0) is 6.07 Å². The first-order chi connectivity index (χ1) is 9.86. The van der Waals surface area contributed by atoms with Crippen molar-refractivity contribution in [1.29, 1.82) is 0 Å². The lowest BCUT2D eigenvalue weighted by atomic mass is 10.4. The van der Waals surface area contributed by atoms with Gasteiger partial charge in [-0.1, -0.05) is 6.07 Å². The van der Waals surface area contributed by atoms with Crippen LogP contribution in [0.15, 0.2) is 34.6 Å². The summed E-state index contributed by atoms with van der Waals surface area (Å²) in [6, 6.07) is 4.58. The number of anilines is 1. The van der Waals surface area contributed by atoms with Crippen molar-refractivity contribution in [3.8, 4) is 0 Å². The van der Waals surface area contributed by atoms with Crippen LogP contribution in [0.25, 0.3) is 0 Å². The molecule has 0 aliphatic heterocycles. The van der Waals surface area contributed by atoms with Crippen LogP contribution in [0.4, 0.5) is 18.3 Å². The number of nitrogens with one attached hydrogen (secondary N) is 1. The van der Waals surface area contributed by atoms with Gasteiger partial charge in [-0.15, -0.1) is 11.3 Å². The van der Waals surface area contributed by atoms with Gasteiger partial charge in [0.05, 0.1) is 0 Å². The number of halogens is 3. The summed E-state index contributed by atoms with van der Waals surface area (Å²) < 4.78 is 38.4. The molecule has 1 N–H and O–H groups in total. The Bertz CT molecular complexity index is 693. The fourth-order valence-electron chi connectivity index (χ4n) is 1.51. The van der Waals surface area contributed by atoms with E-state index in [2.05, 4.69) is 10.3 Å². The van der Waals surface area contributed by atoms with E-state index in [0.29, 0.717) is 11.3 Å². The van der Waals surface area contributed by atoms with Gasteiger partial charge in [-0.2, -0.15) is 13.2 Å². The van der Waals surface area contributed by atoms with Crippen molar-refractivity contribution in [3.63, 3.8) is 0 Å². The molecular formula is C12H10F3N3O2S. The van der Waals surface area contributed by atoms with Crippen LogP contribution < -0.4 is 10.9 Å². The standard InChI is InChI=1S/C12H10F3N3O2S/c13-12(14,15)8-7-21-11(16-8)17-9(19)4-6-18-5-2-1-3-10(18)20/h1-3,5,7H,4,6H2,(H,16,17,19). The number of carbonyl (C=O) groups excluding carboxylic acids is 1. The smallest absolute Gasteiger partial charge is 0.315 e. The lowest BCUT2D eigenvalue weighted by molar-refractivity contribution is -0.140. The number of aryl methyl sites for hydroxylation is 1. The summed E-state index contributed by atoms with van der Waals surface area (Å²) in [6.45, 7) is 0.142. The van der Waals surface area contributed by atoms with Crippen LogP contribution in [-0.2, 0) is 17.5 Å². The van der Waals surface area contributed by atoms with Crippen molar-refractivity contribution >= 4 is 22.4 Å². The molecule has 0 aromatic carbocycles. The topological polar surface area (TPSA) is 64.0 Å². The fourth-order valence-corrected chi connectivity index (χ4v) is 2.24. The Hall–Kier alpha value is -2.16. The Labute approximate surface area is 121 Å². The average Bonchev–Trinajstić information content (AvgIpc) is 2.86. The molecule has 0 bridgehead atoms. The molecule has 2 aromatic heterocycles. The minimum Gasteiger partial charge on any atom is -0.315 e. The highest BCUT2D eigenvalue weighted by atomic mass is 32.1. The van der Waals surface area contributed by atoms with Crippen LogP contribution in [-0.4, -0.2) is 15.5 Å². The first-order valence-corrected chi connectivity index (χ1v) is 6.72. The summed E-state index contributed by atoms with van der Waals surface area (Å²) >= 11 is 0.698. The van der Waals surface area contributed by atoms with E-state index in [4.69, 9.17) is 0 Å². The zero-order chi connectivity index (χ0) is 15.5. The molecule has 2 aromatic rings. The maximum absolute atomic E-state index is 12.3. The van der Waals surface area contributed by atoms with Gasteiger partial charge in [0, 0.05) is 30.6 Å². The molecule has 0 radical (unpaired) electrons. The van der Waals surface area contributed by atoms with Gasteiger partial charge in [0.2, 0.25) is 5.91 Å². The SMILES string of the molecule is O=C(CCn1ccccc1=O)Nc1nc(C(F)(F)F)cs1.